The van der Waals surface area contributed by atoms with Crippen LogP contribution in [0, 0.1) is 0 Å². The first-order chi connectivity index (χ1) is 7.11. The highest BCUT2D eigenvalue weighted by molar-refractivity contribution is 6.45. The average Bonchev–Trinajstić information content (AvgIpc) is 2.18. The monoisotopic (exact) mass is 204 g/mol. The van der Waals surface area contributed by atoms with Crippen molar-refractivity contribution in [1.82, 2.24) is 5.43 Å². The minimum atomic E-state index is -0.301. The van der Waals surface area contributed by atoms with E-state index in [-0.39, 0.29) is 17.4 Å². The second-order valence-corrected chi connectivity index (χ2v) is 3.05. The molecule has 4 nitrogen and oxygen atoms in total. The molecule has 0 aliphatic rings. The van der Waals surface area contributed by atoms with Gasteiger partial charge in [-0.15, -0.1) is 0 Å². The number of benzene rings is 1. The van der Waals surface area contributed by atoms with E-state index in [0.29, 0.717) is 5.56 Å². The van der Waals surface area contributed by atoms with Gasteiger partial charge in [0, 0.05) is 19.4 Å². The van der Waals surface area contributed by atoms with Crippen molar-refractivity contribution in [3.63, 3.8) is 0 Å². The van der Waals surface area contributed by atoms with Crippen LogP contribution in [0.1, 0.15) is 19.4 Å². The van der Waals surface area contributed by atoms with Gasteiger partial charge in [-0.1, -0.05) is 30.3 Å². The second-order valence-electron chi connectivity index (χ2n) is 3.05. The van der Waals surface area contributed by atoms with Crippen LogP contribution in [0.4, 0.5) is 0 Å². The van der Waals surface area contributed by atoms with Crippen LogP contribution in [-0.2, 0) is 9.59 Å². The van der Waals surface area contributed by atoms with E-state index >= 15 is 0 Å². The summed E-state index contributed by atoms with van der Waals surface area (Å²) in [6, 6.07) is 8.99. The van der Waals surface area contributed by atoms with Gasteiger partial charge < -0.3 is 0 Å². The lowest BCUT2D eigenvalue weighted by atomic mass is 10.1. The predicted molar refractivity (Wildman–Crippen MR) is 57.5 cm³/mol. The van der Waals surface area contributed by atoms with Crippen LogP contribution in [0.15, 0.2) is 35.4 Å². The highest BCUT2D eigenvalue weighted by atomic mass is 16.2. The summed E-state index contributed by atoms with van der Waals surface area (Å²) in [4.78, 5) is 21.9. The summed E-state index contributed by atoms with van der Waals surface area (Å²) >= 11 is 0. The van der Waals surface area contributed by atoms with Crippen LogP contribution in [0.5, 0.6) is 0 Å². The van der Waals surface area contributed by atoms with Crippen LogP contribution in [0.25, 0.3) is 0 Å². The van der Waals surface area contributed by atoms with Gasteiger partial charge in [0.15, 0.2) is 5.78 Å². The fourth-order valence-corrected chi connectivity index (χ4v) is 1.08. The van der Waals surface area contributed by atoms with Crippen molar-refractivity contribution in [3.8, 4) is 0 Å². The minimum Gasteiger partial charge on any atom is -0.293 e. The van der Waals surface area contributed by atoms with Crippen molar-refractivity contribution in [2.24, 2.45) is 5.10 Å². The lowest BCUT2D eigenvalue weighted by molar-refractivity contribution is -0.118. The van der Waals surface area contributed by atoms with Gasteiger partial charge in [-0.25, -0.2) is 5.43 Å². The molecule has 0 atom stereocenters. The van der Waals surface area contributed by atoms with Gasteiger partial charge in [0.05, 0.1) is 0 Å². The Morgan fingerprint density at radius 3 is 2.20 bits per heavy atom. The second kappa shape index (κ2) is 5.05. The lowest BCUT2D eigenvalue weighted by Gasteiger charge is -2.02. The number of hydrazone groups is 1. The van der Waals surface area contributed by atoms with E-state index in [0.717, 1.165) is 0 Å². The molecule has 0 radical (unpaired) electrons. The normalized spacial score (nSPS) is 10.9. The summed E-state index contributed by atoms with van der Waals surface area (Å²) in [6.45, 7) is 2.75. The number of rotatable bonds is 3. The first-order valence-electron chi connectivity index (χ1n) is 4.52. The molecule has 4 heteroatoms. The highest BCUT2D eigenvalue weighted by Gasteiger charge is 2.08. The first kappa shape index (κ1) is 11.1. The van der Waals surface area contributed by atoms with E-state index < -0.39 is 0 Å². The van der Waals surface area contributed by atoms with E-state index in [2.05, 4.69) is 10.5 Å². The van der Waals surface area contributed by atoms with Crippen molar-refractivity contribution >= 4 is 17.4 Å². The van der Waals surface area contributed by atoms with Gasteiger partial charge in [0.2, 0.25) is 5.91 Å². The molecule has 78 valence electrons. The molecule has 0 unspecified atom stereocenters. The largest absolute Gasteiger partial charge is 0.293 e. The van der Waals surface area contributed by atoms with Gasteiger partial charge in [-0.2, -0.15) is 5.10 Å². The number of hydrogen-bond donors (Lipinski definition) is 1. The zero-order chi connectivity index (χ0) is 11.3. The van der Waals surface area contributed by atoms with Crippen molar-refractivity contribution < 1.29 is 9.59 Å². The number of nitrogens with one attached hydrogen (secondary N) is 1. The van der Waals surface area contributed by atoms with E-state index in [1.165, 1.54) is 13.8 Å². The maximum atomic E-state index is 11.3. The van der Waals surface area contributed by atoms with E-state index in [1.54, 1.807) is 12.1 Å². The molecule has 15 heavy (non-hydrogen) atoms. The smallest absolute Gasteiger partial charge is 0.236 e. The molecule has 1 aromatic carbocycles. The number of Topliss-reactive ketones (excluding diaryl/α,β-unsaturated/α-hetero) is 1. The summed E-state index contributed by atoms with van der Waals surface area (Å²) in [5, 5.41) is 3.76. The van der Waals surface area contributed by atoms with Gasteiger partial charge in [0.1, 0.15) is 5.71 Å². The van der Waals surface area contributed by atoms with Crippen LogP contribution < -0.4 is 5.43 Å². The number of ketones is 1. The Morgan fingerprint density at radius 2 is 1.73 bits per heavy atom. The molecular formula is C11H12N2O2. The van der Waals surface area contributed by atoms with Crippen molar-refractivity contribution in [2.45, 2.75) is 13.8 Å². The Kier molecular flexibility index (Phi) is 3.74. The van der Waals surface area contributed by atoms with Crippen LogP contribution >= 0.6 is 0 Å². The Morgan fingerprint density at radius 1 is 1.13 bits per heavy atom. The third kappa shape index (κ3) is 3.34. The molecule has 1 N–H and O–H groups in total. The number of nitrogens with zero attached hydrogens (tertiary/aromatic N) is 1. The van der Waals surface area contributed by atoms with Crippen molar-refractivity contribution in [3.05, 3.63) is 35.9 Å². The summed E-state index contributed by atoms with van der Waals surface area (Å²) in [6.07, 6.45) is 0. The maximum Gasteiger partial charge on any atom is 0.236 e. The molecule has 1 rings (SSSR count). The molecule has 0 aliphatic carbocycles. The molecule has 1 amide bonds. The van der Waals surface area contributed by atoms with Gasteiger partial charge in [0.25, 0.3) is 0 Å². The van der Waals surface area contributed by atoms with Gasteiger partial charge in [-0.3, -0.25) is 9.59 Å². The molecule has 0 saturated carbocycles. The molecule has 0 spiro atoms. The molecule has 0 bridgehead atoms. The number of hydrogen-bond acceptors (Lipinski definition) is 3. The van der Waals surface area contributed by atoms with Crippen LogP contribution in [0.3, 0.4) is 0 Å². The topological polar surface area (TPSA) is 58.5 Å². The third-order valence-electron chi connectivity index (χ3n) is 1.71. The van der Waals surface area contributed by atoms with Crippen molar-refractivity contribution in [1.29, 1.82) is 0 Å². The van der Waals surface area contributed by atoms with Crippen LogP contribution in [0.2, 0.25) is 0 Å². The zero-order valence-corrected chi connectivity index (χ0v) is 8.65. The molecule has 0 heterocycles. The summed E-state index contributed by atoms with van der Waals surface area (Å²) in [5.74, 6) is -0.486. The van der Waals surface area contributed by atoms with Crippen LogP contribution in [-0.4, -0.2) is 17.4 Å². The Labute approximate surface area is 88.0 Å². The minimum absolute atomic E-state index is 0.185. The lowest BCUT2D eigenvalue weighted by Crippen LogP contribution is -2.20. The fourth-order valence-electron chi connectivity index (χ4n) is 1.08. The molecule has 0 aromatic heterocycles. The predicted octanol–water partition coefficient (Wildman–Crippen LogP) is 1.12. The summed E-state index contributed by atoms with van der Waals surface area (Å²) in [5.41, 5.74) is 3.20. The Hall–Kier alpha value is -1.97. The summed E-state index contributed by atoms with van der Waals surface area (Å²) in [7, 11) is 0. The maximum absolute atomic E-state index is 11.3. The quantitative estimate of drug-likeness (QED) is 0.592. The number of carbonyl (C=O) groups is 2. The number of carbonyl (C=O) groups excluding carboxylic acids is 2. The SMILES string of the molecule is CC(=O)NN=C(C(C)=O)c1ccccc1. The standard InChI is InChI=1S/C11H12N2O2/c1-8(14)11(13-12-9(2)15)10-6-4-3-5-7-10/h3-7H,1-2H3,(H,12,15). The molecule has 0 saturated heterocycles. The molecule has 0 aliphatic heterocycles. The van der Waals surface area contributed by atoms with E-state index in [4.69, 9.17) is 0 Å². The van der Waals surface area contributed by atoms with Crippen molar-refractivity contribution in [2.75, 3.05) is 0 Å². The molecule has 1 aromatic rings. The van der Waals surface area contributed by atoms with E-state index in [9.17, 15) is 9.59 Å². The average molecular weight is 204 g/mol. The summed E-state index contributed by atoms with van der Waals surface area (Å²) < 4.78 is 0. The van der Waals surface area contributed by atoms with E-state index in [1.807, 2.05) is 18.2 Å². The van der Waals surface area contributed by atoms with Gasteiger partial charge in [-0.05, 0) is 0 Å². The number of amides is 1. The Bertz CT molecular complexity index is 396. The fraction of sp³-hybridized carbons (Fsp3) is 0.182. The van der Waals surface area contributed by atoms with Gasteiger partial charge >= 0.3 is 0 Å². The zero-order valence-electron chi connectivity index (χ0n) is 8.65. The Balaban J connectivity index is 2.99. The molecular weight excluding hydrogens is 192 g/mol. The first-order valence-corrected chi connectivity index (χ1v) is 4.52. The highest BCUT2D eigenvalue weighted by Crippen LogP contribution is 2.01. The third-order valence-corrected chi connectivity index (χ3v) is 1.71. The molecule has 0 fully saturated rings.